The molecule has 2 heterocycles. The molecule has 1 aliphatic rings. The van der Waals surface area contributed by atoms with Crippen LogP contribution in [0, 0.1) is 11.6 Å². The Bertz CT molecular complexity index is 1410. The molecule has 0 N–H and O–H groups in total. The van der Waals surface area contributed by atoms with E-state index in [9.17, 15) is 18.4 Å². The van der Waals surface area contributed by atoms with Gasteiger partial charge in [-0.15, -0.1) is 11.3 Å². The van der Waals surface area contributed by atoms with Gasteiger partial charge < -0.3 is 4.90 Å². The van der Waals surface area contributed by atoms with Gasteiger partial charge in [-0.3, -0.25) is 14.6 Å². The SMILES string of the molecule is O=C1CCC(N(Cc2cccc(-c3ccncc3)c2)C(=O)c2sc3c(F)ccc(F)c3c2Cl)CC1. The van der Waals surface area contributed by atoms with Gasteiger partial charge in [0.1, 0.15) is 22.3 Å². The Labute approximate surface area is 210 Å². The second-order valence-electron chi connectivity index (χ2n) is 8.62. The highest BCUT2D eigenvalue weighted by Crippen LogP contribution is 2.40. The van der Waals surface area contributed by atoms with Crippen molar-refractivity contribution < 1.29 is 18.4 Å². The lowest BCUT2D eigenvalue weighted by atomic mass is 9.92. The van der Waals surface area contributed by atoms with Crippen molar-refractivity contribution in [2.75, 3.05) is 0 Å². The van der Waals surface area contributed by atoms with E-state index >= 15 is 0 Å². The van der Waals surface area contributed by atoms with Crippen molar-refractivity contribution in [3.63, 3.8) is 0 Å². The molecule has 4 aromatic rings. The number of benzene rings is 2. The molecule has 0 spiro atoms. The molecule has 8 heteroatoms. The minimum atomic E-state index is -0.665. The number of carbonyl (C=O) groups is 2. The third-order valence-electron chi connectivity index (χ3n) is 6.38. The maximum Gasteiger partial charge on any atom is 0.266 e. The van der Waals surface area contributed by atoms with Crippen LogP contribution >= 0.6 is 22.9 Å². The van der Waals surface area contributed by atoms with E-state index in [1.165, 1.54) is 0 Å². The van der Waals surface area contributed by atoms with Gasteiger partial charge in [-0.25, -0.2) is 8.78 Å². The van der Waals surface area contributed by atoms with Gasteiger partial charge in [0.2, 0.25) is 0 Å². The summed E-state index contributed by atoms with van der Waals surface area (Å²) in [6, 6.07) is 13.5. The van der Waals surface area contributed by atoms with E-state index in [1.807, 2.05) is 36.4 Å². The molecule has 0 unspecified atom stereocenters. The largest absolute Gasteiger partial charge is 0.331 e. The average molecular weight is 511 g/mol. The number of pyridine rings is 1. The molecule has 1 fully saturated rings. The normalized spacial score (nSPS) is 14.4. The Balaban J connectivity index is 1.52. The summed E-state index contributed by atoms with van der Waals surface area (Å²) in [7, 11) is 0. The quantitative estimate of drug-likeness (QED) is 0.289. The molecule has 5 rings (SSSR count). The highest BCUT2D eigenvalue weighted by Gasteiger charge is 2.32. The van der Waals surface area contributed by atoms with Crippen LogP contribution in [0.5, 0.6) is 0 Å². The van der Waals surface area contributed by atoms with E-state index in [1.54, 1.807) is 17.3 Å². The van der Waals surface area contributed by atoms with Crippen LogP contribution in [-0.4, -0.2) is 27.6 Å². The van der Waals surface area contributed by atoms with Crippen LogP contribution in [0.4, 0.5) is 8.78 Å². The molecule has 2 aromatic carbocycles. The summed E-state index contributed by atoms with van der Waals surface area (Å²) in [6.45, 7) is 0.284. The van der Waals surface area contributed by atoms with Gasteiger partial charge in [0.25, 0.3) is 5.91 Å². The maximum atomic E-state index is 14.4. The zero-order valence-electron chi connectivity index (χ0n) is 18.6. The first-order valence-corrected chi connectivity index (χ1v) is 12.5. The number of hydrogen-bond donors (Lipinski definition) is 0. The van der Waals surface area contributed by atoms with Gasteiger partial charge in [-0.2, -0.15) is 0 Å². The summed E-state index contributed by atoms with van der Waals surface area (Å²) in [5, 5.41) is -0.145. The van der Waals surface area contributed by atoms with Crippen LogP contribution in [0.3, 0.4) is 0 Å². The molecule has 1 amide bonds. The first-order chi connectivity index (χ1) is 16.9. The minimum Gasteiger partial charge on any atom is -0.331 e. The molecule has 1 aliphatic carbocycles. The average Bonchev–Trinajstić information content (AvgIpc) is 3.24. The lowest BCUT2D eigenvalue weighted by Crippen LogP contribution is -2.41. The standard InChI is InChI=1S/C27H21ClF2N2O2S/c28-24-23-21(29)8-9-22(30)25(23)35-26(24)27(34)32(19-4-6-20(33)7-5-19)15-16-2-1-3-18(14-16)17-10-12-31-13-11-17/h1-3,8-14,19H,4-7,15H2. The van der Waals surface area contributed by atoms with Crippen molar-refractivity contribution in [3.05, 3.63) is 88.0 Å². The number of nitrogens with zero attached hydrogens (tertiary/aromatic N) is 2. The number of ketones is 1. The number of Topliss-reactive ketones (excluding diaryl/α,β-unsaturated/α-hetero) is 1. The van der Waals surface area contributed by atoms with Crippen molar-refractivity contribution in [3.8, 4) is 11.1 Å². The lowest BCUT2D eigenvalue weighted by molar-refractivity contribution is -0.121. The fourth-order valence-electron chi connectivity index (χ4n) is 4.56. The molecule has 0 atom stereocenters. The summed E-state index contributed by atoms with van der Waals surface area (Å²) in [5.41, 5.74) is 2.89. The number of hydrogen-bond acceptors (Lipinski definition) is 4. The van der Waals surface area contributed by atoms with Crippen LogP contribution < -0.4 is 0 Å². The van der Waals surface area contributed by atoms with Crippen LogP contribution in [-0.2, 0) is 11.3 Å². The summed E-state index contributed by atoms with van der Waals surface area (Å²) in [6.07, 6.45) is 5.32. The van der Waals surface area contributed by atoms with Crippen LogP contribution in [0.2, 0.25) is 5.02 Å². The van der Waals surface area contributed by atoms with Crippen LogP contribution in [0.1, 0.15) is 40.9 Å². The molecular weight excluding hydrogens is 490 g/mol. The molecule has 2 aromatic heterocycles. The number of halogens is 3. The molecular formula is C27H21ClF2N2O2S. The van der Waals surface area contributed by atoms with E-state index in [0.29, 0.717) is 25.7 Å². The van der Waals surface area contributed by atoms with Gasteiger partial charge in [0.15, 0.2) is 0 Å². The van der Waals surface area contributed by atoms with Crippen molar-refractivity contribution in [1.82, 2.24) is 9.88 Å². The van der Waals surface area contributed by atoms with Gasteiger partial charge in [-0.1, -0.05) is 29.8 Å². The Morgan fingerprint density at radius 2 is 1.74 bits per heavy atom. The predicted octanol–water partition coefficient (Wildman–Crippen LogP) is 7.05. The van der Waals surface area contributed by atoms with Crippen molar-refractivity contribution in [2.24, 2.45) is 0 Å². The van der Waals surface area contributed by atoms with Gasteiger partial charge in [-0.05, 0) is 59.9 Å². The molecule has 0 saturated heterocycles. The number of rotatable bonds is 5. The van der Waals surface area contributed by atoms with Gasteiger partial charge >= 0.3 is 0 Å². The second-order valence-corrected chi connectivity index (χ2v) is 10.0. The highest BCUT2D eigenvalue weighted by molar-refractivity contribution is 7.21. The van der Waals surface area contributed by atoms with Crippen molar-refractivity contribution in [2.45, 2.75) is 38.3 Å². The zero-order chi connectivity index (χ0) is 24.5. The van der Waals surface area contributed by atoms with E-state index in [0.717, 1.165) is 40.2 Å². The van der Waals surface area contributed by atoms with Crippen LogP contribution in [0.15, 0.2) is 60.9 Å². The number of thiophene rings is 1. The molecule has 1 saturated carbocycles. The monoisotopic (exact) mass is 510 g/mol. The van der Waals surface area contributed by atoms with Crippen molar-refractivity contribution in [1.29, 1.82) is 0 Å². The number of fused-ring (bicyclic) bond motifs is 1. The summed E-state index contributed by atoms with van der Waals surface area (Å²) < 4.78 is 28.9. The van der Waals surface area contributed by atoms with E-state index < -0.39 is 11.6 Å². The highest BCUT2D eigenvalue weighted by atomic mass is 35.5. The minimum absolute atomic E-state index is 0.0248. The number of amides is 1. The van der Waals surface area contributed by atoms with Gasteiger partial charge in [0.05, 0.1) is 15.1 Å². The number of carbonyl (C=O) groups excluding carboxylic acids is 2. The Morgan fingerprint density at radius 3 is 2.46 bits per heavy atom. The van der Waals surface area contributed by atoms with E-state index in [2.05, 4.69) is 4.98 Å². The lowest BCUT2D eigenvalue weighted by Gasteiger charge is -2.34. The smallest absolute Gasteiger partial charge is 0.266 e. The van der Waals surface area contributed by atoms with Crippen LogP contribution in [0.25, 0.3) is 21.2 Å². The second kappa shape index (κ2) is 9.84. The summed E-state index contributed by atoms with van der Waals surface area (Å²) in [4.78, 5) is 31.5. The summed E-state index contributed by atoms with van der Waals surface area (Å²) >= 11 is 7.30. The Kier molecular flexibility index (Phi) is 6.62. The molecule has 0 bridgehead atoms. The molecule has 35 heavy (non-hydrogen) atoms. The number of aromatic nitrogens is 1. The first kappa shape index (κ1) is 23.6. The zero-order valence-corrected chi connectivity index (χ0v) is 20.2. The molecule has 0 aliphatic heterocycles. The summed E-state index contributed by atoms with van der Waals surface area (Å²) in [5.74, 6) is -1.49. The molecule has 178 valence electrons. The predicted molar refractivity (Wildman–Crippen MR) is 134 cm³/mol. The van der Waals surface area contributed by atoms with E-state index in [-0.39, 0.29) is 44.3 Å². The Morgan fingerprint density at radius 1 is 1.03 bits per heavy atom. The Hall–Kier alpha value is -3.16. The van der Waals surface area contributed by atoms with Gasteiger partial charge in [0, 0.05) is 37.8 Å². The third-order valence-corrected chi connectivity index (χ3v) is 8.06. The van der Waals surface area contributed by atoms with Crippen molar-refractivity contribution >= 4 is 44.7 Å². The fourth-order valence-corrected chi connectivity index (χ4v) is 6.06. The molecule has 0 radical (unpaired) electrons. The first-order valence-electron chi connectivity index (χ1n) is 11.3. The maximum absolute atomic E-state index is 14.4. The topological polar surface area (TPSA) is 50.3 Å². The molecule has 4 nitrogen and oxygen atoms in total. The fraction of sp³-hybridized carbons (Fsp3) is 0.222. The van der Waals surface area contributed by atoms with E-state index in [4.69, 9.17) is 11.6 Å². The third kappa shape index (κ3) is 4.70.